The van der Waals surface area contributed by atoms with E-state index in [4.69, 9.17) is 0 Å². The molecule has 0 aromatic carbocycles. The van der Waals surface area contributed by atoms with Crippen LogP contribution < -0.4 is 0 Å². The second-order valence-electron chi connectivity index (χ2n) is 5.69. The molecular weight excluding hydrogens is 302 g/mol. The number of aromatic nitrogens is 5. The van der Waals surface area contributed by atoms with E-state index in [9.17, 15) is 4.79 Å². The van der Waals surface area contributed by atoms with Gasteiger partial charge in [-0.15, -0.1) is 0 Å². The number of fused-ring (bicyclic) bond motifs is 1. The van der Waals surface area contributed by atoms with Gasteiger partial charge < -0.3 is 4.98 Å². The quantitative estimate of drug-likeness (QED) is 0.589. The van der Waals surface area contributed by atoms with Crippen molar-refractivity contribution in [1.82, 2.24) is 24.7 Å². The van der Waals surface area contributed by atoms with Crippen LogP contribution in [0.2, 0.25) is 0 Å². The molecule has 4 rings (SSSR count). The van der Waals surface area contributed by atoms with Gasteiger partial charge in [-0.1, -0.05) is 6.07 Å². The normalized spacial score (nSPS) is 11.1. The Bertz CT molecular complexity index is 1030. The monoisotopic (exact) mass is 317 g/mol. The van der Waals surface area contributed by atoms with Crippen molar-refractivity contribution >= 4 is 16.8 Å². The fourth-order valence-corrected chi connectivity index (χ4v) is 2.69. The average Bonchev–Trinajstić information content (AvgIpc) is 3.18. The topological polar surface area (TPSA) is 76.5 Å². The number of rotatable bonds is 3. The fraction of sp³-hybridized carbons (Fsp3) is 0.111. The zero-order valence-corrected chi connectivity index (χ0v) is 13.3. The van der Waals surface area contributed by atoms with Crippen molar-refractivity contribution in [2.45, 2.75) is 6.92 Å². The molecule has 0 saturated heterocycles. The van der Waals surface area contributed by atoms with Crippen LogP contribution >= 0.6 is 0 Å². The second-order valence-corrected chi connectivity index (χ2v) is 5.69. The Kier molecular flexibility index (Phi) is 3.23. The van der Waals surface area contributed by atoms with Gasteiger partial charge in [-0.25, -0.2) is 4.98 Å². The van der Waals surface area contributed by atoms with Crippen molar-refractivity contribution in [2.24, 2.45) is 7.05 Å². The van der Waals surface area contributed by atoms with Gasteiger partial charge in [0.05, 0.1) is 5.56 Å². The number of hydrogen-bond acceptors (Lipinski definition) is 4. The molecule has 0 bridgehead atoms. The highest BCUT2D eigenvalue weighted by atomic mass is 16.1. The van der Waals surface area contributed by atoms with Crippen molar-refractivity contribution in [3.63, 3.8) is 0 Å². The van der Waals surface area contributed by atoms with E-state index < -0.39 is 0 Å². The van der Waals surface area contributed by atoms with Gasteiger partial charge in [0, 0.05) is 54.0 Å². The standard InChI is InChI=1S/C18H15N5O/c1-11-6-16(22-23(11)2)17(24)15-10-21-18-14(15)7-13(9-20-18)12-4-3-5-19-8-12/h3-10H,1-2H3,(H,20,21). The van der Waals surface area contributed by atoms with Gasteiger partial charge in [-0.2, -0.15) is 5.10 Å². The first-order chi connectivity index (χ1) is 11.6. The number of nitrogens with zero attached hydrogens (tertiary/aromatic N) is 4. The molecule has 0 saturated carbocycles. The highest BCUT2D eigenvalue weighted by molar-refractivity contribution is 6.15. The third kappa shape index (κ3) is 2.28. The summed E-state index contributed by atoms with van der Waals surface area (Å²) in [4.78, 5) is 24.4. The van der Waals surface area contributed by atoms with Crippen LogP contribution in [0.15, 0.2) is 49.1 Å². The molecule has 0 aliphatic heterocycles. The van der Waals surface area contributed by atoms with Crippen molar-refractivity contribution < 1.29 is 4.79 Å². The van der Waals surface area contributed by atoms with Crippen LogP contribution in [0.3, 0.4) is 0 Å². The highest BCUT2D eigenvalue weighted by Crippen LogP contribution is 2.25. The van der Waals surface area contributed by atoms with Gasteiger partial charge >= 0.3 is 0 Å². The molecule has 24 heavy (non-hydrogen) atoms. The van der Waals surface area contributed by atoms with E-state index in [0.29, 0.717) is 16.9 Å². The first kappa shape index (κ1) is 14.3. The summed E-state index contributed by atoms with van der Waals surface area (Å²) in [5.74, 6) is -0.116. The lowest BCUT2D eigenvalue weighted by molar-refractivity contribution is 0.103. The first-order valence-electron chi connectivity index (χ1n) is 7.56. The number of aromatic amines is 1. The van der Waals surface area contributed by atoms with E-state index in [1.165, 1.54) is 0 Å². The van der Waals surface area contributed by atoms with Gasteiger partial charge in [0.1, 0.15) is 11.3 Å². The van der Waals surface area contributed by atoms with Crippen molar-refractivity contribution in [1.29, 1.82) is 0 Å². The smallest absolute Gasteiger partial charge is 0.215 e. The lowest BCUT2D eigenvalue weighted by atomic mass is 10.0. The largest absolute Gasteiger partial charge is 0.345 e. The summed E-state index contributed by atoms with van der Waals surface area (Å²) in [5, 5.41) is 5.06. The number of pyridine rings is 2. The SMILES string of the molecule is Cc1cc(C(=O)c2c[nH]c3ncc(-c4cccnc4)cc23)nn1C. The summed E-state index contributed by atoms with van der Waals surface area (Å²) in [6.45, 7) is 1.92. The van der Waals surface area contributed by atoms with E-state index in [-0.39, 0.29) is 5.78 Å². The zero-order valence-electron chi connectivity index (χ0n) is 13.3. The number of aryl methyl sites for hydroxylation is 2. The van der Waals surface area contributed by atoms with Gasteiger partial charge in [-0.05, 0) is 25.1 Å². The van der Waals surface area contributed by atoms with Crippen LogP contribution in [0.1, 0.15) is 21.7 Å². The van der Waals surface area contributed by atoms with Gasteiger partial charge in [-0.3, -0.25) is 14.5 Å². The van der Waals surface area contributed by atoms with Crippen LogP contribution in [0, 0.1) is 6.92 Å². The third-order valence-corrected chi connectivity index (χ3v) is 4.12. The lowest BCUT2D eigenvalue weighted by Crippen LogP contribution is -2.03. The molecule has 4 aromatic rings. The minimum absolute atomic E-state index is 0.116. The van der Waals surface area contributed by atoms with Crippen LogP contribution in [-0.2, 0) is 7.05 Å². The molecule has 118 valence electrons. The number of H-pyrrole nitrogens is 1. The number of nitrogens with one attached hydrogen (secondary N) is 1. The maximum absolute atomic E-state index is 12.8. The Morgan fingerprint density at radius 1 is 1.21 bits per heavy atom. The van der Waals surface area contributed by atoms with E-state index in [1.807, 2.05) is 32.2 Å². The molecule has 0 aliphatic rings. The molecule has 4 heterocycles. The Hall–Kier alpha value is -3.28. The maximum Gasteiger partial charge on any atom is 0.215 e. The molecule has 1 N–H and O–H groups in total. The molecule has 0 atom stereocenters. The molecule has 0 aliphatic carbocycles. The molecule has 0 spiro atoms. The van der Waals surface area contributed by atoms with Crippen molar-refractivity contribution in [3.05, 3.63) is 66.0 Å². The van der Waals surface area contributed by atoms with Gasteiger partial charge in [0.15, 0.2) is 0 Å². The van der Waals surface area contributed by atoms with Gasteiger partial charge in [0.25, 0.3) is 0 Å². The van der Waals surface area contributed by atoms with Crippen LogP contribution in [-0.4, -0.2) is 30.5 Å². The van der Waals surface area contributed by atoms with Crippen molar-refractivity contribution in [2.75, 3.05) is 0 Å². The van der Waals surface area contributed by atoms with E-state index >= 15 is 0 Å². The highest BCUT2D eigenvalue weighted by Gasteiger charge is 2.18. The molecule has 0 unspecified atom stereocenters. The Balaban J connectivity index is 1.83. The van der Waals surface area contributed by atoms with E-state index in [2.05, 4.69) is 20.1 Å². The molecule has 6 nitrogen and oxygen atoms in total. The van der Waals surface area contributed by atoms with Gasteiger partial charge in [0.2, 0.25) is 5.78 Å². The lowest BCUT2D eigenvalue weighted by Gasteiger charge is -2.01. The second kappa shape index (κ2) is 5.42. The Labute approximate surface area is 138 Å². The summed E-state index contributed by atoms with van der Waals surface area (Å²) in [6, 6.07) is 7.59. The molecular formula is C18H15N5O. The summed E-state index contributed by atoms with van der Waals surface area (Å²) in [6.07, 6.45) is 6.97. The third-order valence-electron chi connectivity index (χ3n) is 4.12. The first-order valence-corrected chi connectivity index (χ1v) is 7.56. The molecule has 0 fully saturated rings. The van der Waals surface area contributed by atoms with E-state index in [1.54, 1.807) is 35.5 Å². The number of ketones is 1. The van der Waals surface area contributed by atoms with Crippen LogP contribution in [0.5, 0.6) is 0 Å². The van der Waals surface area contributed by atoms with Crippen LogP contribution in [0.25, 0.3) is 22.2 Å². The number of carbonyl (C=O) groups is 1. The van der Waals surface area contributed by atoms with E-state index in [0.717, 1.165) is 22.2 Å². The molecule has 6 heteroatoms. The molecule has 4 aromatic heterocycles. The minimum Gasteiger partial charge on any atom is -0.345 e. The average molecular weight is 317 g/mol. The Morgan fingerprint density at radius 3 is 2.79 bits per heavy atom. The number of hydrogen-bond donors (Lipinski definition) is 1. The zero-order chi connectivity index (χ0) is 16.7. The minimum atomic E-state index is -0.116. The summed E-state index contributed by atoms with van der Waals surface area (Å²) >= 11 is 0. The predicted molar refractivity (Wildman–Crippen MR) is 90.7 cm³/mol. The predicted octanol–water partition coefficient (Wildman–Crippen LogP) is 2.90. The number of carbonyl (C=O) groups excluding carboxylic acids is 1. The Morgan fingerprint density at radius 2 is 2.08 bits per heavy atom. The van der Waals surface area contributed by atoms with Crippen LogP contribution in [0.4, 0.5) is 0 Å². The van der Waals surface area contributed by atoms with Crippen molar-refractivity contribution in [3.8, 4) is 11.1 Å². The summed E-state index contributed by atoms with van der Waals surface area (Å²) < 4.78 is 1.70. The molecule has 0 amide bonds. The molecule has 0 radical (unpaired) electrons. The maximum atomic E-state index is 12.8. The summed E-state index contributed by atoms with van der Waals surface area (Å²) in [5.41, 5.74) is 4.50. The fourth-order valence-electron chi connectivity index (χ4n) is 2.69. The summed E-state index contributed by atoms with van der Waals surface area (Å²) in [7, 11) is 1.82.